The Hall–Kier alpha value is -4.00. The first-order valence-electron chi connectivity index (χ1n) is 35.5. The highest BCUT2D eigenvalue weighted by Crippen LogP contribution is 2.65. The van der Waals surface area contributed by atoms with Gasteiger partial charge < -0.3 is 0 Å². The minimum Gasteiger partial charge on any atom is -0.293 e. The molecule has 490 valence electrons. The van der Waals surface area contributed by atoms with Crippen LogP contribution >= 0.6 is 94.1 Å². The van der Waals surface area contributed by atoms with E-state index in [9.17, 15) is 9.59 Å². The third-order valence-corrected chi connectivity index (χ3v) is 26.6. The Balaban J connectivity index is 1.07. The van der Waals surface area contributed by atoms with Gasteiger partial charge in [0.1, 0.15) is 30.7 Å². The van der Waals surface area contributed by atoms with Gasteiger partial charge in [0.25, 0.3) is 11.8 Å². The predicted molar refractivity (Wildman–Crippen MR) is 409 cm³/mol. The topological polar surface area (TPSA) is 92.2 Å². The minimum absolute atomic E-state index is 0.0345. The number of hydrogen-bond donors (Lipinski definition) is 0. The second-order valence-electron chi connectivity index (χ2n) is 26.5. The number of carbonyl (C=O) groups is 2. The zero-order valence-corrected chi connectivity index (χ0v) is 62.1. The van der Waals surface area contributed by atoms with E-state index in [-0.39, 0.29) is 22.6 Å². The molecule has 3 aromatic carbocycles. The number of unbranched alkanes of at least 4 members (excludes halogenated alkanes) is 24. The lowest BCUT2D eigenvalue weighted by atomic mass is 9.68. The van der Waals surface area contributed by atoms with Gasteiger partial charge in [0.15, 0.2) is 0 Å². The lowest BCUT2D eigenvalue weighted by Crippen LogP contribution is -2.27. The lowest BCUT2D eigenvalue weighted by molar-refractivity contribution is -0.122. The van der Waals surface area contributed by atoms with Gasteiger partial charge in [-0.1, -0.05) is 280 Å². The number of thioether (sulfide) groups is 2. The van der Waals surface area contributed by atoms with Gasteiger partial charge in [-0.2, -0.15) is 17.5 Å². The number of thiocarbonyl (C=S) groups is 2. The molecule has 0 spiro atoms. The van der Waals surface area contributed by atoms with Gasteiger partial charge in [-0.25, -0.2) is 0 Å². The fourth-order valence-electron chi connectivity index (χ4n) is 15.3. The van der Waals surface area contributed by atoms with E-state index >= 15 is 0 Å². The average Bonchev–Trinajstić information content (AvgIpc) is 1.52. The van der Waals surface area contributed by atoms with Crippen LogP contribution in [0.3, 0.4) is 0 Å². The van der Waals surface area contributed by atoms with Gasteiger partial charge in [-0.15, -0.1) is 22.7 Å². The van der Waals surface area contributed by atoms with Crippen LogP contribution in [0.2, 0.25) is 0 Å². The molecule has 0 N–H and O–H groups in total. The maximum atomic E-state index is 13.5. The van der Waals surface area contributed by atoms with E-state index in [0.717, 1.165) is 70.0 Å². The Bertz CT molecular complexity index is 3530. The molecule has 0 unspecified atom stereocenters. The van der Waals surface area contributed by atoms with E-state index in [2.05, 4.69) is 76.2 Å². The summed E-state index contributed by atoms with van der Waals surface area (Å²) in [6, 6.07) is 19.7. The molecule has 92 heavy (non-hydrogen) atoms. The Morgan fingerprint density at radius 2 is 0.707 bits per heavy atom. The van der Waals surface area contributed by atoms with Crippen molar-refractivity contribution < 1.29 is 9.59 Å². The Morgan fingerprint density at radius 1 is 0.391 bits per heavy atom. The number of hydrogen-bond acceptors (Lipinski definition) is 14. The van der Waals surface area contributed by atoms with Crippen molar-refractivity contribution in [2.45, 2.75) is 258 Å². The third kappa shape index (κ3) is 14.6. The summed E-state index contributed by atoms with van der Waals surface area (Å²) in [5.74, 6) is -0.0691. The van der Waals surface area contributed by atoms with Crippen molar-refractivity contribution in [3.05, 3.63) is 91.7 Å². The lowest BCUT2D eigenvalue weighted by Gasteiger charge is -2.34. The zero-order chi connectivity index (χ0) is 64.2. The molecule has 7 aromatic rings. The first-order chi connectivity index (χ1) is 45.0. The molecule has 4 aromatic heterocycles. The summed E-state index contributed by atoms with van der Waals surface area (Å²) in [5, 5.41) is 0. The van der Waals surface area contributed by atoms with Gasteiger partial charge >= 0.3 is 0 Å². The van der Waals surface area contributed by atoms with E-state index in [1.165, 1.54) is 269 Å². The second-order valence-corrected chi connectivity index (χ2v) is 33.0. The second kappa shape index (κ2) is 32.8. The Kier molecular flexibility index (Phi) is 24.7. The van der Waals surface area contributed by atoms with E-state index in [4.69, 9.17) is 41.9 Å². The SMILES string of the molecule is CCCCCCCCCC1(CCCCCCCCC)c2cc3c(cc2-c2sc(-c4ccc(/C=C5\SC(=S)N(CC)C5=O)c5nsnc45)cc21)C(CCCCCCCCC)(CCCCCCCCC)c1cc(-c2ccc(/C=C4\SC(=S)N(CC)C4=O)c4nsnc24)sc1-3. The summed E-state index contributed by atoms with van der Waals surface area (Å²) in [6.45, 7) is 14.4. The van der Waals surface area contributed by atoms with Crippen molar-refractivity contribution in [2.24, 2.45) is 0 Å². The molecule has 2 aliphatic carbocycles. The molecule has 0 radical (unpaired) electrons. The van der Waals surface area contributed by atoms with E-state index in [1.807, 2.05) is 48.7 Å². The van der Waals surface area contributed by atoms with Crippen molar-refractivity contribution in [1.29, 1.82) is 0 Å². The first kappa shape index (κ1) is 69.4. The highest BCUT2D eigenvalue weighted by atomic mass is 32.2. The van der Waals surface area contributed by atoms with Crippen LogP contribution in [0.15, 0.2) is 58.3 Å². The number of likely N-dealkylation sites (N-methyl/N-ethyl adjacent to an activating group) is 2. The molecular weight excluding hydrogens is 1290 g/mol. The van der Waals surface area contributed by atoms with Crippen molar-refractivity contribution in [1.82, 2.24) is 27.3 Å². The van der Waals surface area contributed by atoms with Gasteiger partial charge in [-0.3, -0.25) is 19.4 Å². The molecule has 0 atom stereocenters. The molecule has 2 fully saturated rings. The number of carbonyl (C=O) groups excluding carboxylic acids is 2. The van der Waals surface area contributed by atoms with Crippen LogP contribution in [0.5, 0.6) is 0 Å². The largest absolute Gasteiger partial charge is 0.293 e. The molecule has 8 nitrogen and oxygen atoms in total. The van der Waals surface area contributed by atoms with E-state index in [0.29, 0.717) is 31.5 Å². The van der Waals surface area contributed by atoms with Crippen molar-refractivity contribution >= 4 is 149 Å². The van der Waals surface area contributed by atoms with Gasteiger partial charge in [0, 0.05) is 65.7 Å². The summed E-state index contributed by atoms with van der Waals surface area (Å²) in [4.78, 5) is 37.2. The van der Waals surface area contributed by atoms with Crippen LogP contribution < -0.4 is 0 Å². The van der Waals surface area contributed by atoms with Crippen molar-refractivity contribution in [3.63, 3.8) is 0 Å². The molecule has 4 aliphatic rings. The van der Waals surface area contributed by atoms with E-state index in [1.54, 1.807) is 20.9 Å². The number of aromatic nitrogens is 4. The number of thiophene rings is 2. The molecule has 0 bridgehead atoms. The maximum absolute atomic E-state index is 13.5. The summed E-state index contributed by atoms with van der Waals surface area (Å²) in [7, 11) is 0. The van der Waals surface area contributed by atoms with Crippen molar-refractivity contribution in [3.8, 4) is 41.8 Å². The van der Waals surface area contributed by atoms with Crippen LogP contribution in [0.25, 0.3) is 76.0 Å². The molecule has 16 heteroatoms. The fraction of sp³-hybridized carbons (Fsp3) is 0.553. The average molecular weight is 1380 g/mol. The number of benzene rings is 3. The van der Waals surface area contributed by atoms with Crippen LogP contribution in [-0.4, -0.2) is 60.8 Å². The highest BCUT2D eigenvalue weighted by Gasteiger charge is 2.50. The van der Waals surface area contributed by atoms with Crippen molar-refractivity contribution in [2.75, 3.05) is 13.1 Å². The van der Waals surface area contributed by atoms with Crippen LogP contribution in [0, 0.1) is 0 Å². The van der Waals surface area contributed by atoms with Crippen LogP contribution in [0.4, 0.5) is 0 Å². The Morgan fingerprint density at radius 3 is 1.02 bits per heavy atom. The number of amides is 2. The standard InChI is InChI=1S/C76H96N6O2S8/c1-7-13-17-21-25-29-33-41-75(42-34-30-26-22-18-14-8-2)57-47-56-58(48-55(57)69-59(75)49-61(87-69)53-39-37-51(65-67(53)79-91-77-65)45-63-71(83)81(11-5)73(85)89-63)76(43-35-31-27-23-19-15-9-3,44-36-32-28-24-20-16-10-4)60-50-62(88-70(56)60)54-40-38-52(66-68(54)80-92-78-66)46-64-72(84)82(12-6)74(86)90-64/h37-40,45-50H,7-36,41-44H2,1-6H3/b63-45-,64-46-. The maximum Gasteiger partial charge on any atom is 0.266 e. The third-order valence-electron chi connectivity index (χ3n) is 20.4. The summed E-state index contributed by atoms with van der Waals surface area (Å²) in [5.41, 5.74) is 16.4. The first-order valence-corrected chi connectivity index (χ1v) is 41.1. The van der Waals surface area contributed by atoms with E-state index < -0.39 is 0 Å². The molecule has 11 rings (SSSR count). The summed E-state index contributed by atoms with van der Waals surface area (Å²) >= 11 is 20.6. The van der Waals surface area contributed by atoms with Gasteiger partial charge in [0.05, 0.1) is 33.3 Å². The smallest absolute Gasteiger partial charge is 0.266 e. The Labute approximate surface area is 585 Å². The molecule has 2 saturated heterocycles. The number of rotatable bonds is 38. The number of nitrogens with zero attached hydrogens (tertiary/aromatic N) is 6. The summed E-state index contributed by atoms with van der Waals surface area (Å²) in [6.07, 6.45) is 44.5. The molecule has 6 heterocycles. The van der Waals surface area contributed by atoms with Gasteiger partial charge in [0.2, 0.25) is 0 Å². The minimum atomic E-state index is -0.142. The van der Waals surface area contributed by atoms with Crippen LogP contribution in [-0.2, 0) is 20.4 Å². The highest BCUT2D eigenvalue weighted by molar-refractivity contribution is 8.27. The molecular formula is C76H96N6O2S8. The van der Waals surface area contributed by atoms with Gasteiger partial charge in [-0.05, 0) is 109 Å². The quantitative estimate of drug-likeness (QED) is 0.0212. The molecule has 2 aliphatic heterocycles. The molecule has 0 saturated carbocycles. The van der Waals surface area contributed by atoms with Crippen LogP contribution in [0.1, 0.15) is 280 Å². The fourth-order valence-corrected chi connectivity index (χ4v) is 21.8. The number of fused-ring (bicyclic) bond motifs is 8. The normalized spacial score (nSPS) is 16.5. The predicted octanol–water partition coefficient (Wildman–Crippen LogP) is 24.7. The summed E-state index contributed by atoms with van der Waals surface area (Å²) < 4.78 is 21.2. The monoisotopic (exact) mass is 1380 g/mol. The zero-order valence-electron chi connectivity index (χ0n) is 55.6. The molecule has 2 amide bonds.